The highest BCUT2D eigenvalue weighted by Crippen LogP contribution is 2.32. The van der Waals surface area contributed by atoms with Crippen molar-refractivity contribution in [3.05, 3.63) is 42.0 Å². The summed E-state index contributed by atoms with van der Waals surface area (Å²) in [7, 11) is 0. The molecule has 3 nitrogen and oxygen atoms in total. The summed E-state index contributed by atoms with van der Waals surface area (Å²) in [4.78, 5) is 2.38. The van der Waals surface area contributed by atoms with Crippen LogP contribution in [0.15, 0.2) is 36.4 Å². The summed E-state index contributed by atoms with van der Waals surface area (Å²) in [6.45, 7) is 3.81. The maximum absolute atomic E-state index is 9.72. The number of fused-ring (bicyclic) bond motifs is 1. The number of aliphatic hydroxyl groups excluding tert-OH is 1. The lowest BCUT2D eigenvalue weighted by Crippen LogP contribution is -2.37. The molecule has 2 aromatic rings. The Morgan fingerprint density at radius 3 is 2.43 bits per heavy atom. The van der Waals surface area contributed by atoms with Crippen LogP contribution in [0.1, 0.15) is 25.3 Å². The quantitative estimate of drug-likeness (QED) is 0.918. The standard InChI is InChI=1S/C18H20N2O/c1-13(21)14-8-10-20(11-9-14)18-7-6-15(12-19)16-4-2-3-5-17(16)18/h2-7,13-14,21H,8-11H2,1H3. The van der Waals surface area contributed by atoms with E-state index in [0.29, 0.717) is 5.92 Å². The van der Waals surface area contributed by atoms with Gasteiger partial charge in [-0.1, -0.05) is 24.3 Å². The SMILES string of the molecule is CC(O)C1CCN(c2ccc(C#N)c3ccccc23)CC1. The van der Waals surface area contributed by atoms with Crippen LogP contribution in [0.2, 0.25) is 0 Å². The molecule has 0 amide bonds. The summed E-state index contributed by atoms with van der Waals surface area (Å²) < 4.78 is 0. The number of aliphatic hydroxyl groups is 1. The van der Waals surface area contributed by atoms with Crippen molar-refractivity contribution < 1.29 is 5.11 Å². The molecule has 3 heteroatoms. The van der Waals surface area contributed by atoms with E-state index >= 15 is 0 Å². The molecule has 1 fully saturated rings. The van der Waals surface area contributed by atoms with Gasteiger partial charge in [-0.25, -0.2) is 0 Å². The van der Waals surface area contributed by atoms with Crippen LogP contribution in [0.3, 0.4) is 0 Å². The van der Waals surface area contributed by atoms with Crippen LogP contribution >= 0.6 is 0 Å². The van der Waals surface area contributed by atoms with Crippen molar-refractivity contribution in [3.63, 3.8) is 0 Å². The van der Waals surface area contributed by atoms with E-state index in [1.165, 1.54) is 5.69 Å². The minimum absolute atomic E-state index is 0.218. The second-order valence-corrected chi connectivity index (χ2v) is 5.85. The smallest absolute Gasteiger partial charge is 0.0998 e. The normalized spacial score (nSPS) is 17.7. The lowest BCUT2D eigenvalue weighted by molar-refractivity contribution is 0.110. The van der Waals surface area contributed by atoms with Crippen LogP contribution in [-0.4, -0.2) is 24.3 Å². The molecule has 1 saturated heterocycles. The number of hydrogen-bond acceptors (Lipinski definition) is 3. The number of nitrogens with zero attached hydrogens (tertiary/aromatic N) is 2. The zero-order chi connectivity index (χ0) is 14.8. The molecule has 3 rings (SSSR count). The first-order valence-electron chi connectivity index (χ1n) is 7.55. The van der Waals surface area contributed by atoms with Gasteiger partial charge in [0.05, 0.1) is 17.7 Å². The Bertz CT molecular complexity index is 679. The Balaban J connectivity index is 1.94. The molecule has 1 atom stereocenters. The number of piperidine rings is 1. The van der Waals surface area contributed by atoms with Crippen molar-refractivity contribution in [3.8, 4) is 6.07 Å². The van der Waals surface area contributed by atoms with Gasteiger partial charge in [-0.05, 0) is 37.8 Å². The van der Waals surface area contributed by atoms with Gasteiger partial charge in [0.1, 0.15) is 0 Å². The monoisotopic (exact) mass is 280 g/mol. The molecular formula is C18H20N2O. The molecule has 108 valence electrons. The van der Waals surface area contributed by atoms with E-state index in [0.717, 1.165) is 42.3 Å². The first-order chi connectivity index (χ1) is 10.2. The third-order valence-electron chi connectivity index (χ3n) is 4.58. The molecule has 1 heterocycles. The van der Waals surface area contributed by atoms with Gasteiger partial charge in [0.15, 0.2) is 0 Å². The Kier molecular flexibility index (Phi) is 3.81. The van der Waals surface area contributed by atoms with Crippen LogP contribution in [0.4, 0.5) is 5.69 Å². The Morgan fingerprint density at radius 1 is 1.14 bits per heavy atom. The van der Waals surface area contributed by atoms with E-state index in [-0.39, 0.29) is 6.10 Å². The van der Waals surface area contributed by atoms with E-state index in [9.17, 15) is 10.4 Å². The Labute approximate surface area is 125 Å². The average Bonchev–Trinajstić information content (AvgIpc) is 2.54. The average molecular weight is 280 g/mol. The zero-order valence-corrected chi connectivity index (χ0v) is 12.3. The lowest BCUT2D eigenvalue weighted by atomic mass is 9.91. The maximum atomic E-state index is 9.72. The van der Waals surface area contributed by atoms with Gasteiger partial charge in [-0.3, -0.25) is 0 Å². The second kappa shape index (κ2) is 5.75. The highest BCUT2D eigenvalue weighted by Gasteiger charge is 2.23. The van der Waals surface area contributed by atoms with Crippen molar-refractivity contribution in [2.75, 3.05) is 18.0 Å². The Hall–Kier alpha value is -2.05. The van der Waals surface area contributed by atoms with E-state index in [2.05, 4.69) is 23.1 Å². The molecular weight excluding hydrogens is 260 g/mol. The third-order valence-corrected chi connectivity index (χ3v) is 4.58. The summed E-state index contributed by atoms with van der Waals surface area (Å²) in [6.07, 6.45) is 1.82. The van der Waals surface area contributed by atoms with Crippen molar-refractivity contribution >= 4 is 16.5 Å². The third kappa shape index (κ3) is 2.59. The first kappa shape index (κ1) is 13.9. The molecule has 0 radical (unpaired) electrons. The minimum atomic E-state index is -0.218. The predicted molar refractivity (Wildman–Crippen MR) is 85.3 cm³/mol. The van der Waals surface area contributed by atoms with Crippen LogP contribution in [0, 0.1) is 17.2 Å². The van der Waals surface area contributed by atoms with E-state index in [4.69, 9.17) is 0 Å². The van der Waals surface area contributed by atoms with Crippen LogP contribution in [-0.2, 0) is 0 Å². The summed E-state index contributed by atoms with van der Waals surface area (Å²) in [5.41, 5.74) is 1.93. The molecule has 1 aliphatic heterocycles. The Morgan fingerprint density at radius 2 is 1.81 bits per heavy atom. The fraction of sp³-hybridized carbons (Fsp3) is 0.389. The highest BCUT2D eigenvalue weighted by atomic mass is 16.3. The molecule has 1 N–H and O–H groups in total. The largest absolute Gasteiger partial charge is 0.393 e. The lowest BCUT2D eigenvalue weighted by Gasteiger charge is -2.35. The second-order valence-electron chi connectivity index (χ2n) is 5.85. The highest BCUT2D eigenvalue weighted by molar-refractivity contribution is 5.97. The van der Waals surface area contributed by atoms with Crippen molar-refractivity contribution in [1.82, 2.24) is 0 Å². The van der Waals surface area contributed by atoms with Gasteiger partial charge in [0.25, 0.3) is 0 Å². The molecule has 0 spiro atoms. The molecule has 0 aliphatic carbocycles. The van der Waals surface area contributed by atoms with Crippen molar-refractivity contribution in [2.45, 2.75) is 25.9 Å². The number of nitriles is 1. The maximum Gasteiger partial charge on any atom is 0.0998 e. The van der Waals surface area contributed by atoms with Gasteiger partial charge in [-0.15, -0.1) is 0 Å². The number of anilines is 1. The molecule has 0 saturated carbocycles. The number of hydrogen-bond donors (Lipinski definition) is 1. The van der Waals surface area contributed by atoms with Gasteiger partial charge < -0.3 is 10.0 Å². The molecule has 0 aromatic heterocycles. The van der Waals surface area contributed by atoms with E-state index in [1.807, 2.05) is 31.2 Å². The predicted octanol–water partition coefficient (Wildman–Crippen LogP) is 3.31. The van der Waals surface area contributed by atoms with Gasteiger partial charge >= 0.3 is 0 Å². The summed E-state index contributed by atoms with van der Waals surface area (Å²) in [6, 6.07) is 14.4. The fourth-order valence-electron chi connectivity index (χ4n) is 3.28. The van der Waals surface area contributed by atoms with Crippen LogP contribution < -0.4 is 4.90 Å². The zero-order valence-electron chi connectivity index (χ0n) is 12.3. The molecule has 1 aliphatic rings. The summed E-state index contributed by atoms with van der Waals surface area (Å²) in [5, 5.41) is 21.1. The van der Waals surface area contributed by atoms with Crippen molar-refractivity contribution in [2.24, 2.45) is 5.92 Å². The fourth-order valence-corrected chi connectivity index (χ4v) is 3.28. The van der Waals surface area contributed by atoms with Gasteiger partial charge in [-0.2, -0.15) is 5.26 Å². The van der Waals surface area contributed by atoms with Crippen molar-refractivity contribution in [1.29, 1.82) is 5.26 Å². The van der Waals surface area contributed by atoms with Gasteiger partial charge in [0, 0.05) is 29.5 Å². The number of rotatable bonds is 2. The summed E-state index contributed by atoms with van der Waals surface area (Å²) >= 11 is 0. The van der Waals surface area contributed by atoms with E-state index < -0.39 is 0 Å². The first-order valence-corrected chi connectivity index (χ1v) is 7.55. The minimum Gasteiger partial charge on any atom is -0.393 e. The molecule has 1 unspecified atom stereocenters. The molecule has 21 heavy (non-hydrogen) atoms. The molecule has 0 bridgehead atoms. The topological polar surface area (TPSA) is 47.3 Å². The summed E-state index contributed by atoms with van der Waals surface area (Å²) in [5.74, 6) is 0.408. The van der Waals surface area contributed by atoms with Gasteiger partial charge in [0.2, 0.25) is 0 Å². The van der Waals surface area contributed by atoms with E-state index in [1.54, 1.807) is 0 Å². The van der Waals surface area contributed by atoms with Crippen LogP contribution in [0.25, 0.3) is 10.8 Å². The van der Waals surface area contributed by atoms with Crippen LogP contribution in [0.5, 0.6) is 0 Å². The number of benzene rings is 2. The molecule has 2 aromatic carbocycles.